The molecular formula is C18H16N4O3S2. The van der Waals surface area contributed by atoms with Crippen LogP contribution in [0.4, 0.5) is 10.8 Å². The Morgan fingerprint density at radius 1 is 1.15 bits per heavy atom. The number of rotatable bonds is 4. The molecule has 9 heteroatoms. The Morgan fingerprint density at radius 2 is 1.96 bits per heavy atom. The molecule has 1 amide bonds. The molecule has 0 fully saturated rings. The second-order valence-electron chi connectivity index (χ2n) is 6.22. The first-order valence-electron chi connectivity index (χ1n) is 8.06. The van der Waals surface area contributed by atoms with Crippen LogP contribution in [0.5, 0.6) is 0 Å². The van der Waals surface area contributed by atoms with Gasteiger partial charge < -0.3 is 10.3 Å². The molecule has 0 atom stereocenters. The van der Waals surface area contributed by atoms with Gasteiger partial charge in [0.25, 0.3) is 0 Å². The molecule has 0 unspecified atom stereocenters. The van der Waals surface area contributed by atoms with Crippen molar-refractivity contribution in [3.63, 3.8) is 0 Å². The van der Waals surface area contributed by atoms with E-state index in [-0.39, 0.29) is 5.91 Å². The molecule has 138 valence electrons. The van der Waals surface area contributed by atoms with Gasteiger partial charge in [-0.3, -0.25) is 9.52 Å². The van der Waals surface area contributed by atoms with Crippen LogP contribution >= 0.6 is 11.3 Å². The lowest BCUT2D eigenvalue weighted by Gasteiger charge is -2.09. The number of carbonyl (C=O) groups excluding carboxylic acids is 1. The average molecular weight is 400 g/mol. The smallest absolute Gasteiger partial charge is 0.229 e. The summed E-state index contributed by atoms with van der Waals surface area (Å²) in [4.78, 5) is 18.7. The monoisotopic (exact) mass is 400 g/mol. The minimum absolute atomic E-state index is 0.163. The maximum atomic E-state index is 11.7. The van der Waals surface area contributed by atoms with Crippen LogP contribution in [-0.4, -0.2) is 30.5 Å². The number of aromatic amines is 1. The van der Waals surface area contributed by atoms with E-state index < -0.39 is 10.0 Å². The summed E-state index contributed by atoms with van der Waals surface area (Å²) < 4.78 is 26.9. The highest BCUT2D eigenvalue weighted by atomic mass is 32.2. The number of H-pyrrole nitrogens is 1. The van der Waals surface area contributed by atoms with E-state index in [2.05, 4.69) is 20.0 Å². The van der Waals surface area contributed by atoms with Crippen molar-refractivity contribution in [2.45, 2.75) is 6.92 Å². The van der Waals surface area contributed by atoms with Crippen LogP contribution in [-0.2, 0) is 14.8 Å². The third-order valence-electron chi connectivity index (χ3n) is 3.96. The van der Waals surface area contributed by atoms with E-state index in [0.717, 1.165) is 38.5 Å². The first-order valence-corrected chi connectivity index (χ1v) is 10.8. The van der Waals surface area contributed by atoms with Crippen LogP contribution in [0.1, 0.15) is 6.92 Å². The van der Waals surface area contributed by atoms with Crippen molar-refractivity contribution in [2.24, 2.45) is 0 Å². The zero-order valence-corrected chi connectivity index (χ0v) is 16.2. The number of amides is 1. The van der Waals surface area contributed by atoms with Crippen molar-refractivity contribution in [3.05, 3.63) is 42.6 Å². The molecule has 2 aromatic heterocycles. The molecule has 0 saturated carbocycles. The molecule has 2 aromatic carbocycles. The number of sulfonamides is 1. The van der Waals surface area contributed by atoms with Gasteiger partial charge in [-0.2, -0.15) is 0 Å². The highest BCUT2D eigenvalue weighted by Gasteiger charge is 2.12. The number of hydrogen-bond acceptors (Lipinski definition) is 5. The second kappa shape index (κ2) is 6.36. The predicted molar refractivity (Wildman–Crippen MR) is 110 cm³/mol. The van der Waals surface area contributed by atoms with E-state index in [9.17, 15) is 13.2 Å². The van der Waals surface area contributed by atoms with Gasteiger partial charge in [-0.15, -0.1) is 0 Å². The van der Waals surface area contributed by atoms with Crippen LogP contribution in [0.3, 0.4) is 0 Å². The number of hydrogen-bond donors (Lipinski definition) is 3. The molecule has 27 heavy (non-hydrogen) atoms. The van der Waals surface area contributed by atoms with Crippen LogP contribution in [0, 0.1) is 0 Å². The number of nitrogens with zero attached hydrogens (tertiary/aromatic N) is 1. The Bertz CT molecular complexity index is 1290. The van der Waals surface area contributed by atoms with Crippen LogP contribution in [0.15, 0.2) is 42.6 Å². The molecule has 0 spiro atoms. The summed E-state index contributed by atoms with van der Waals surface area (Å²) in [5.41, 5.74) is 3.84. The summed E-state index contributed by atoms with van der Waals surface area (Å²) in [6, 6.07) is 11.5. The van der Waals surface area contributed by atoms with Crippen LogP contribution < -0.4 is 10.0 Å². The van der Waals surface area contributed by atoms with Gasteiger partial charge in [0.2, 0.25) is 15.9 Å². The summed E-state index contributed by atoms with van der Waals surface area (Å²) in [5.74, 6) is -0.163. The Kier molecular flexibility index (Phi) is 4.12. The van der Waals surface area contributed by atoms with E-state index in [1.165, 1.54) is 18.3 Å². The van der Waals surface area contributed by atoms with Crippen LogP contribution in [0.2, 0.25) is 0 Å². The Labute approximate surface area is 159 Å². The van der Waals surface area contributed by atoms with E-state index in [1.807, 2.05) is 30.3 Å². The van der Waals surface area contributed by atoms with E-state index >= 15 is 0 Å². The van der Waals surface area contributed by atoms with Gasteiger partial charge in [0.1, 0.15) is 0 Å². The normalized spacial score (nSPS) is 11.8. The topological polar surface area (TPSA) is 104 Å². The Hall–Kier alpha value is -2.91. The lowest BCUT2D eigenvalue weighted by atomic mass is 10.0. The minimum Gasteiger partial charge on any atom is -0.359 e. The molecule has 0 aliphatic rings. The van der Waals surface area contributed by atoms with Crippen molar-refractivity contribution in [3.8, 4) is 11.1 Å². The largest absolute Gasteiger partial charge is 0.359 e. The summed E-state index contributed by atoms with van der Waals surface area (Å²) in [5, 5.41) is 4.15. The summed E-state index contributed by atoms with van der Waals surface area (Å²) >= 11 is 1.39. The van der Waals surface area contributed by atoms with Gasteiger partial charge in [-0.1, -0.05) is 17.4 Å². The first kappa shape index (κ1) is 17.5. The highest BCUT2D eigenvalue weighted by molar-refractivity contribution is 7.92. The molecule has 0 bridgehead atoms. The minimum atomic E-state index is -3.41. The molecule has 4 rings (SSSR count). The predicted octanol–water partition coefficient (Wildman–Crippen LogP) is 3.77. The zero-order chi connectivity index (χ0) is 19.2. The molecular weight excluding hydrogens is 384 g/mol. The van der Waals surface area contributed by atoms with E-state index in [4.69, 9.17) is 0 Å². The van der Waals surface area contributed by atoms with Gasteiger partial charge in [0.15, 0.2) is 5.13 Å². The standard InChI is InChI=1S/C18H16N4O3S2/c1-10(23)20-18-21-14-4-3-11(9-16(14)26-18)13-7-12-5-6-19-17(12)15(8-13)22-27(2,24)25/h3-9,19,22H,1-2H3,(H,20,21,23). The van der Waals surface area contributed by atoms with E-state index in [0.29, 0.717) is 10.8 Å². The summed E-state index contributed by atoms with van der Waals surface area (Å²) in [6.07, 6.45) is 2.90. The second-order valence-corrected chi connectivity index (χ2v) is 9.00. The van der Waals surface area contributed by atoms with Gasteiger partial charge in [-0.25, -0.2) is 13.4 Å². The third-order valence-corrected chi connectivity index (χ3v) is 5.48. The molecule has 7 nitrogen and oxygen atoms in total. The number of fused-ring (bicyclic) bond motifs is 2. The summed E-state index contributed by atoms with van der Waals surface area (Å²) in [7, 11) is -3.41. The van der Waals surface area contributed by atoms with Gasteiger partial charge in [0, 0.05) is 18.5 Å². The van der Waals surface area contributed by atoms with E-state index in [1.54, 1.807) is 12.3 Å². The molecule has 2 heterocycles. The molecule has 0 aliphatic carbocycles. The van der Waals surface area contributed by atoms with Crippen molar-refractivity contribution in [2.75, 3.05) is 16.3 Å². The molecule has 0 saturated heterocycles. The fourth-order valence-electron chi connectivity index (χ4n) is 2.93. The maximum absolute atomic E-state index is 11.7. The maximum Gasteiger partial charge on any atom is 0.229 e. The lowest BCUT2D eigenvalue weighted by Crippen LogP contribution is -2.10. The molecule has 0 aliphatic heterocycles. The summed E-state index contributed by atoms with van der Waals surface area (Å²) in [6.45, 7) is 1.44. The van der Waals surface area contributed by atoms with Crippen molar-refractivity contribution in [1.29, 1.82) is 0 Å². The third kappa shape index (κ3) is 3.64. The molecule has 4 aromatic rings. The van der Waals surface area contributed by atoms with Crippen molar-refractivity contribution in [1.82, 2.24) is 9.97 Å². The van der Waals surface area contributed by atoms with Crippen molar-refractivity contribution < 1.29 is 13.2 Å². The van der Waals surface area contributed by atoms with Crippen LogP contribution in [0.25, 0.3) is 32.2 Å². The van der Waals surface area contributed by atoms with Gasteiger partial charge in [-0.05, 0) is 41.5 Å². The fraction of sp³-hybridized carbons (Fsp3) is 0.111. The number of anilines is 2. The zero-order valence-electron chi connectivity index (χ0n) is 14.5. The number of nitrogens with one attached hydrogen (secondary N) is 3. The number of aromatic nitrogens is 2. The average Bonchev–Trinajstić information content (AvgIpc) is 3.17. The lowest BCUT2D eigenvalue weighted by molar-refractivity contribution is -0.114. The quantitative estimate of drug-likeness (QED) is 0.485. The fourth-order valence-corrected chi connectivity index (χ4v) is 4.44. The highest BCUT2D eigenvalue weighted by Crippen LogP contribution is 2.34. The number of thiazole rings is 1. The SMILES string of the molecule is CC(=O)Nc1nc2ccc(-c3cc(NS(C)(=O)=O)c4[nH]ccc4c3)cc2s1. The number of carbonyl (C=O) groups is 1. The number of benzene rings is 2. The molecule has 0 radical (unpaired) electrons. The Balaban J connectivity index is 1.82. The Morgan fingerprint density at radius 3 is 2.70 bits per heavy atom. The van der Waals surface area contributed by atoms with Gasteiger partial charge in [0.05, 0.1) is 27.7 Å². The van der Waals surface area contributed by atoms with Crippen molar-refractivity contribution >= 4 is 59.2 Å². The first-order chi connectivity index (χ1) is 12.8. The van der Waals surface area contributed by atoms with Gasteiger partial charge >= 0.3 is 0 Å². The molecule has 3 N–H and O–H groups in total.